The molecule has 0 spiro atoms. The average molecular weight is 283 g/mol. The number of anilines is 1. The second-order valence-electron chi connectivity index (χ2n) is 5.86. The van der Waals surface area contributed by atoms with Crippen LogP contribution in [0.3, 0.4) is 0 Å². The molecule has 1 aromatic rings. The molecule has 2 amide bonds. The van der Waals surface area contributed by atoms with Crippen molar-refractivity contribution in [3.05, 3.63) is 42.0 Å². The smallest absolute Gasteiger partial charge is 0.335 e. The van der Waals surface area contributed by atoms with Gasteiger partial charge in [-0.15, -0.1) is 0 Å². The summed E-state index contributed by atoms with van der Waals surface area (Å²) in [5, 5.41) is 8.90. The second-order valence-corrected chi connectivity index (χ2v) is 5.86. The topological polar surface area (TPSA) is 74.7 Å². The van der Waals surface area contributed by atoms with E-state index in [0.717, 1.165) is 6.42 Å². The zero-order valence-electron chi connectivity index (χ0n) is 11.1. The highest BCUT2D eigenvalue weighted by Gasteiger charge is 2.59. The van der Waals surface area contributed by atoms with Crippen LogP contribution in [0.2, 0.25) is 0 Å². The van der Waals surface area contributed by atoms with Crippen molar-refractivity contribution < 1.29 is 19.5 Å². The van der Waals surface area contributed by atoms with Crippen molar-refractivity contribution in [2.24, 2.45) is 23.7 Å². The Labute approximate surface area is 120 Å². The van der Waals surface area contributed by atoms with E-state index >= 15 is 0 Å². The van der Waals surface area contributed by atoms with Crippen LogP contribution in [0.1, 0.15) is 16.8 Å². The number of aromatic carboxylic acids is 1. The van der Waals surface area contributed by atoms with Crippen LogP contribution in [0.25, 0.3) is 0 Å². The van der Waals surface area contributed by atoms with Gasteiger partial charge in [0.05, 0.1) is 23.1 Å². The minimum absolute atomic E-state index is 0.139. The number of carbonyl (C=O) groups excluding carboxylic acids is 2. The Morgan fingerprint density at radius 3 is 2.00 bits per heavy atom. The minimum atomic E-state index is -1.03. The molecule has 106 valence electrons. The number of fused-ring (bicyclic) bond motifs is 5. The number of hydrogen-bond donors (Lipinski definition) is 1. The Morgan fingerprint density at radius 2 is 1.52 bits per heavy atom. The molecule has 2 fully saturated rings. The number of imide groups is 1. The molecular weight excluding hydrogens is 270 g/mol. The summed E-state index contributed by atoms with van der Waals surface area (Å²) in [6, 6.07) is 5.88. The number of carboxylic acids is 1. The van der Waals surface area contributed by atoms with E-state index in [1.807, 2.05) is 12.2 Å². The van der Waals surface area contributed by atoms with E-state index in [0.29, 0.717) is 5.69 Å². The maximum absolute atomic E-state index is 12.6. The molecule has 1 saturated heterocycles. The Morgan fingerprint density at radius 1 is 1.00 bits per heavy atom. The number of nitrogens with zero attached hydrogens (tertiary/aromatic N) is 1. The van der Waals surface area contributed by atoms with Crippen molar-refractivity contribution in [1.29, 1.82) is 0 Å². The van der Waals surface area contributed by atoms with E-state index in [9.17, 15) is 14.4 Å². The van der Waals surface area contributed by atoms with Crippen LogP contribution in [0, 0.1) is 23.7 Å². The first-order valence-corrected chi connectivity index (χ1v) is 6.97. The number of allylic oxidation sites excluding steroid dienone is 2. The lowest BCUT2D eigenvalue weighted by Gasteiger charge is -2.17. The molecule has 21 heavy (non-hydrogen) atoms. The summed E-state index contributed by atoms with van der Waals surface area (Å²) in [7, 11) is 0. The Kier molecular flexibility index (Phi) is 2.37. The second kappa shape index (κ2) is 4.04. The molecule has 4 rings (SSSR count). The molecule has 1 N–H and O–H groups in total. The highest BCUT2D eigenvalue weighted by molar-refractivity contribution is 6.22. The van der Waals surface area contributed by atoms with Gasteiger partial charge in [-0.05, 0) is 42.5 Å². The SMILES string of the molecule is O=C(O)c1ccc(N2C(=O)[C@@H]3[C@@H](C2=O)[C@H]2C=C[C@@H]3C2)cc1. The van der Waals surface area contributed by atoms with Crippen LogP contribution in [-0.2, 0) is 9.59 Å². The summed E-state index contributed by atoms with van der Waals surface area (Å²) in [6.07, 6.45) is 5.00. The summed E-state index contributed by atoms with van der Waals surface area (Å²) in [5.41, 5.74) is 0.601. The number of amides is 2. The summed E-state index contributed by atoms with van der Waals surface area (Å²) in [6.45, 7) is 0. The number of hydrogen-bond acceptors (Lipinski definition) is 3. The van der Waals surface area contributed by atoms with Crippen LogP contribution in [0.4, 0.5) is 5.69 Å². The largest absolute Gasteiger partial charge is 0.478 e. The van der Waals surface area contributed by atoms with Gasteiger partial charge in [0, 0.05) is 0 Å². The number of carboxylic acid groups (broad SMARTS) is 1. The van der Waals surface area contributed by atoms with Crippen molar-refractivity contribution in [2.75, 3.05) is 4.90 Å². The quantitative estimate of drug-likeness (QED) is 0.662. The van der Waals surface area contributed by atoms with Crippen LogP contribution in [0.5, 0.6) is 0 Å². The van der Waals surface area contributed by atoms with Crippen LogP contribution >= 0.6 is 0 Å². The fourth-order valence-corrected chi connectivity index (χ4v) is 3.91. The third kappa shape index (κ3) is 1.54. The van der Waals surface area contributed by atoms with Gasteiger partial charge in [0.2, 0.25) is 11.8 Å². The first-order chi connectivity index (χ1) is 10.1. The van der Waals surface area contributed by atoms with E-state index in [-0.39, 0.29) is 41.0 Å². The fraction of sp³-hybridized carbons (Fsp3) is 0.312. The first-order valence-electron chi connectivity index (χ1n) is 6.97. The lowest BCUT2D eigenvalue weighted by Crippen LogP contribution is -2.32. The van der Waals surface area contributed by atoms with Crippen LogP contribution < -0.4 is 4.90 Å². The lowest BCUT2D eigenvalue weighted by atomic mass is 9.85. The molecule has 0 aromatic heterocycles. The van der Waals surface area contributed by atoms with E-state index in [1.54, 1.807) is 0 Å². The van der Waals surface area contributed by atoms with Gasteiger partial charge in [0.15, 0.2) is 0 Å². The summed E-state index contributed by atoms with van der Waals surface area (Å²) in [5.74, 6) is -1.42. The molecule has 1 heterocycles. The zero-order chi connectivity index (χ0) is 14.7. The van der Waals surface area contributed by atoms with E-state index in [2.05, 4.69) is 0 Å². The van der Waals surface area contributed by atoms with Crippen molar-refractivity contribution in [3.8, 4) is 0 Å². The highest BCUT2D eigenvalue weighted by Crippen LogP contribution is 2.53. The molecule has 4 atom stereocenters. The number of carbonyl (C=O) groups is 3. The number of rotatable bonds is 2. The van der Waals surface area contributed by atoms with Gasteiger partial charge in [-0.2, -0.15) is 0 Å². The Hall–Kier alpha value is -2.43. The predicted molar refractivity (Wildman–Crippen MR) is 73.6 cm³/mol. The number of benzene rings is 1. The Balaban J connectivity index is 1.69. The third-order valence-corrected chi connectivity index (χ3v) is 4.84. The van der Waals surface area contributed by atoms with E-state index < -0.39 is 5.97 Å². The molecule has 2 aliphatic carbocycles. The minimum Gasteiger partial charge on any atom is -0.478 e. The van der Waals surface area contributed by atoms with Crippen molar-refractivity contribution in [1.82, 2.24) is 0 Å². The third-order valence-electron chi connectivity index (χ3n) is 4.84. The molecule has 1 saturated carbocycles. The zero-order valence-corrected chi connectivity index (χ0v) is 11.1. The standard InChI is InChI=1S/C16H13NO4/c18-14-12-9-1-2-10(7-9)13(12)15(19)17(14)11-5-3-8(4-6-11)16(20)21/h1-6,9-10,12-13H,7H2,(H,20,21)/t9-,10+,12-,13-/m0/s1. The van der Waals surface area contributed by atoms with E-state index in [1.165, 1.54) is 29.2 Å². The first kappa shape index (κ1) is 12.3. The van der Waals surface area contributed by atoms with Crippen LogP contribution in [-0.4, -0.2) is 22.9 Å². The maximum atomic E-state index is 12.6. The molecule has 3 aliphatic rings. The van der Waals surface area contributed by atoms with Gasteiger partial charge in [-0.25, -0.2) is 4.79 Å². The van der Waals surface area contributed by atoms with Gasteiger partial charge < -0.3 is 5.11 Å². The van der Waals surface area contributed by atoms with Gasteiger partial charge >= 0.3 is 5.97 Å². The molecule has 0 unspecified atom stereocenters. The summed E-state index contributed by atoms with van der Waals surface area (Å²) < 4.78 is 0. The molecule has 5 nitrogen and oxygen atoms in total. The molecule has 2 bridgehead atoms. The Bertz CT molecular complexity index is 661. The fourth-order valence-electron chi connectivity index (χ4n) is 3.91. The van der Waals surface area contributed by atoms with Gasteiger partial charge in [-0.1, -0.05) is 12.2 Å². The maximum Gasteiger partial charge on any atom is 0.335 e. The van der Waals surface area contributed by atoms with Gasteiger partial charge in [0.25, 0.3) is 0 Å². The summed E-state index contributed by atoms with van der Waals surface area (Å²) >= 11 is 0. The molecular formula is C16H13NO4. The van der Waals surface area contributed by atoms with Crippen LogP contribution in [0.15, 0.2) is 36.4 Å². The molecule has 0 radical (unpaired) electrons. The summed E-state index contributed by atoms with van der Waals surface area (Å²) in [4.78, 5) is 37.2. The molecule has 1 aliphatic heterocycles. The van der Waals surface area contributed by atoms with Crippen molar-refractivity contribution in [2.45, 2.75) is 6.42 Å². The predicted octanol–water partition coefficient (Wildman–Crippen LogP) is 1.70. The lowest BCUT2D eigenvalue weighted by molar-refractivity contribution is -0.123. The van der Waals surface area contributed by atoms with E-state index in [4.69, 9.17) is 5.11 Å². The monoisotopic (exact) mass is 283 g/mol. The molecule has 1 aromatic carbocycles. The normalized spacial score (nSPS) is 32.9. The van der Waals surface area contributed by atoms with Crippen molar-refractivity contribution in [3.63, 3.8) is 0 Å². The van der Waals surface area contributed by atoms with Crippen molar-refractivity contribution >= 4 is 23.5 Å². The van der Waals surface area contributed by atoms with Gasteiger partial charge in [-0.3, -0.25) is 14.5 Å². The average Bonchev–Trinajstić information content (AvgIpc) is 3.13. The van der Waals surface area contributed by atoms with Gasteiger partial charge in [0.1, 0.15) is 0 Å². The molecule has 5 heteroatoms. The highest BCUT2D eigenvalue weighted by atomic mass is 16.4.